The normalized spacial score (nSPS) is 9.94. The summed E-state index contributed by atoms with van der Waals surface area (Å²) in [6, 6.07) is 0.904. The Morgan fingerprint density at radius 1 is 1.35 bits per heavy atom. The van der Waals surface area contributed by atoms with E-state index in [4.69, 9.17) is 0 Å². The molecule has 92 valence electrons. The highest BCUT2D eigenvalue weighted by Crippen LogP contribution is 2.26. The van der Waals surface area contributed by atoms with Crippen LogP contribution in [0.25, 0.3) is 0 Å². The summed E-state index contributed by atoms with van der Waals surface area (Å²) in [5.41, 5.74) is -0.770. The number of anilines is 1. The van der Waals surface area contributed by atoms with Crippen molar-refractivity contribution in [2.75, 3.05) is 11.9 Å². The fourth-order valence-electron chi connectivity index (χ4n) is 1.20. The van der Waals surface area contributed by atoms with Crippen LogP contribution in [0.15, 0.2) is 12.3 Å². The first-order valence-electron chi connectivity index (χ1n) is 5.09. The zero-order valence-electron chi connectivity index (χ0n) is 9.25. The van der Waals surface area contributed by atoms with Crippen LogP contribution in [-0.2, 0) is 0 Å². The molecule has 1 rings (SSSR count). The summed E-state index contributed by atoms with van der Waals surface area (Å²) in [6.07, 6.45) is 2.78. The molecule has 0 aliphatic carbocycles. The lowest BCUT2D eigenvalue weighted by molar-refractivity contribution is -0.394. The van der Waals surface area contributed by atoms with Crippen LogP contribution in [0.5, 0.6) is 0 Å². The zero-order valence-corrected chi connectivity index (χ0v) is 9.25. The van der Waals surface area contributed by atoms with Crippen LogP contribution in [0, 0.1) is 20.2 Å². The van der Waals surface area contributed by atoms with Crippen molar-refractivity contribution in [3.8, 4) is 0 Å². The fraction of sp³-hybridized carbons (Fsp3) is 0.444. The molecule has 17 heavy (non-hydrogen) atoms. The molecule has 1 aromatic rings. The van der Waals surface area contributed by atoms with Gasteiger partial charge in [0.2, 0.25) is 5.82 Å². The third kappa shape index (κ3) is 3.37. The highest BCUT2D eigenvalue weighted by atomic mass is 16.6. The first kappa shape index (κ1) is 12.8. The molecule has 8 nitrogen and oxygen atoms in total. The van der Waals surface area contributed by atoms with Gasteiger partial charge in [0.15, 0.2) is 0 Å². The molecular weight excluding hydrogens is 228 g/mol. The van der Waals surface area contributed by atoms with Crippen LogP contribution in [-0.4, -0.2) is 21.4 Å². The van der Waals surface area contributed by atoms with Crippen molar-refractivity contribution < 1.29 is 9.85 Å². The minimum Gasteiger partial charge on any atom is -0.364 e. The van der Waals surface area contributed by atoms with E-state index in [9.17, 15) is 20.2 Å². The van der Waals surface area contributed by atoms with Crippen molar-refractivity contribution in [2.24, 2.45) is 0 Å². The van der Waals surface area contributed by atoms with Gasteiger partial charge in [0.25, 0.3) is 5.69 Å². The molecule has 0 amide bonds. The van der Waals surface area contributed by atoms with Crippen molar-refractivity contribution in [3.63, 3.8) is 0 Å². The van der Waals surface area contributed by atoms with Gasteiger partial charge in [0.05, 0.1) is 15.9 Å². The molecule has 0 aliphatic rings. The largest absolute Gasteiger partial charge is 0.364 e. The predicted octanol–water partition coefficient (Wildman–Crippen LogP) is 2.11. The molecule has 8 heteroatoms. The van der Waals surface area contributed by atoms with Crippen LogP contribution in [0.3, 0.4) is 0 Å². The second-order valence-electron chi connectivity index (χ2n) is 3.36. The Morgan fingerprint density at radius 3 is 2.59 bits per heavy atom. The van der Waals surface area contributed by atoms with Gasteiger partial charge in [-0.1, -0.05) is 13.3 Å². The molecule has 0 bridgehead atoms. The van der Waals surface area contributed by atoms with Crippen molar-refractivity contribution in [3.05, 3.63) is 32.5 Å². The fourth-order valence-corrected chi connectivity index (χ4v) is 1.20. The molecule has 0 unspecified atom stereocenters. The number of unbranched alkanes of at least 4 members (excludes halogenated alkanes) is 1. The van der Waals surface area contributed by atoms with Crippen molar-refractivity contribution in [1.29, 1.82) is 0 Å². The van der Waals surface area contributed by atoms with E-state index in [1.54, 1.807) is 0 Å². The quantitative estimate of drug-likeness (QED) is 0.463. The first-order chi connectivity index (χ1) is 8.06. The Bertz CT molecular complexity index is 435. The number of nitro groups is 2. The topological polar surface area (TPSA) is 111 Å². The maximum atomic E-state index is 10.7. The molecule has 0 fully saturated rings. The van der Waals surface area contributed by atoms with Gasteiger partial charge in [-0.05, 0) is 6.42 Å². The minimum atomic E-state index is -0.712. The number of pyridine rings is 1. The van der Waals surface area contributed by atoms with E-state index in [1.165, 1.54) is 0 Å². The van der Waals surface area contributed by atoms with Crippen LogP contribution in [0.4, 0.5) is 17.2 Å². The van der Waals surface area contributed by atoms with E-state index < -0.39 is 15.5 Å². The summed E-state index contributed by atoms with van der Waals surface area (Å²) in [4.78, 5) is 23.5. The number of nitrogens with one attached hydrogen (secondary N) is 1. The van der Waals surface area contributed by atoms with E-state index in [2.05, 4.69) is 10.3 Å². The van der Waals surface area contributed by atoms with Crippen molar-refractivity contribution >= 4 is 17.2 Å². The molecule has 0 aliphatic heterocycles. The number of aromatic nitrogens is 1. The van der Waals surface area contributed by atoms with E-state index in [0.717, 1.165) is 25.1 Å². The number of rotatable bonds is 6. The summed E-state index contributed by atoms with van der Waals surface area (Å²) in [5.74, 6) is 0.0639. The molecule has 0 saturated carbocycles. The monoisotopic (exact) mass is 240 g/mol. The second kappa shape index (κ2) is 5.73. The maximum Gasteiger partial charge on any atom is 0.318 e. The van der Waals surface area contributed by atoms with Crippen molar-refractivity contribution in [1.82, 2.24) is 4.98 Å². The molecule has 0 radical (unpaired) electrons. The Hall–Kier alpha value is -2.25. The van der Waals surface area contributed by atoms with Gasteiger partial charge >= 0.3 is 5.69 Å². The molecule has 0 atom stereocenters. The van der Waals surface area contributed by atoms with E-state index in [0.29, 0.717) is 6.54 Å². The van der Waals surface area contributed by atoms with Crippen LogP contribution in [0.2, 0.25) is 0 Å². The molecular formula is C9H12N4O4. The molecule has 1 aromatic heterocycles. The van der Waals surface area contributed by atoms with E-state index in [1.807, 2.05) is 6.92 Å². The Morgan fingerprint density at radius 2 is 2.06 bits per heavy atom. The van der Waals surface area contributed by atoms with Gasteiger partial charge < -0.3 is 5.32 Å². The highest BCUT2D eigenvalue weighted by molar-refractivity contribution is 5.59. The zero-order chi connectivity index (χ0) is 12.8. The summed E-state index contributed by atoms with van der Waals surface area (Å²) in [6.45, 7) is 2.53. The third-order valence-corrected chi connectivity index (χ3v) is 2.08. The highest BCUT2D eigenvalue weighted by Gasteiger charge is 2.20. The smallest absolute Gasteiger partial charge is 0.318 e. The van der Waals surface area contributed by atoms with E-state index >= 15 is 0 Å². The predicted molar refractivity (Wildman–Crippen MR) is 60.9 cm³/mol. The standard InChI is InChI=1S/C9H12N4O4/c1-2-3-4-10-9-8(13(16)17)5-7(6-11-9)12(14)15/h5-6H,2-4H2,1H3,(H,10,11). The lowest BCUT2D eigenvalue weighted by Gasteiger charge is -2.04. The Kier molecular flexibility index (Phi) is 4.32. The summed E-state index contributed by atoms with van der Waals surface area (Å²) < 4.78 is 0. The molecule has 1 N–H and O–H groups in total. The molecule has 0 spiro atoms. The Labute approximate surface area is 97.0 Å². The minimum absolute atomic E-state index is 0.0639. The van der Waals surface area contributed by atoms with Crippen LogP contribution >= 0.6 is 0 Å². The van der Waals surface area contributed by atoms with Gasteiger partial charge in [-0.3, -0.25) is 20.2 Å². The lowest BCUT2D eigenvalue weighted by atomic mass is 10.3. The van der Waals surface area contributed by atoms with E-state index in [-0.39, 0.29) is 11.5 Å². The average molecular weight is 240 g/mol. The van der Waals surface area contributed by atoms with Gasteiger partial charge in [-0.25, -0.2) is 4.98 Å². The number of hydrogen-bond donors (Lipinski definition) is 1. The molecule has 1 heterocycles. The van der Waals surface area contributed by atoms with Crippen molar-refractivity contribution in [2.45, 2.75) is 19.8 Å². The first-order valence-corrected chi connectivity index (χ1v) is 5.09. The third-order valence-electron chi connectivity index (χ3n) is 2.08. The lowest BCUT2D eigenvalue weighted by Crippen LogP contribution is -2.06. The summed E-state index contributed by atoms with van der Waals surface area (Å²) in [5, 5.41) is 24.0. The second-order valence-corrected chi connectivity index (χ2v) is 3.36. The van der Waals surface area contributed by atoms with Crippen LogP contribution in [0.1, 0.15) is 19.8 Å². The van der Waals surface area contributed by atoms with Gasteiger partial charge in [0.1, 0.15) is 6.20 Å². The van der Waals surface area contributed by atoms with Gasteiger partial charge in [-0.2, -0.15) is 0 Å². The number of hydrogen-bond acceptors (Lipinski definition) is 6. The summed E-state index contributed by atoms with van der Waals surface area (Å²) >= 11 is 0. The SMILES string of the molecule is CCCCNc1ncc([N+](=O)[O-])cc1[N+](=O)[O-]. The number of nitrogens with zero attached hydrogens (tertiary/aromatic N) is 3. The molecule has 0 saturated heterocycles. The maximum absolute atomic E-state index is 10.7. The van der Waals surface area contributed by atoms with Crippen LogP contribution < -0.4 is 5.32 Å². The summed E-state index contributed by atoms with van der Waals surface area (Å²) in [7, 11) is 0. The molecule has 0 aromatic carbocycles. The van der Waals surface area contributed by atoms with Gasteiger partial charge in [-0.15, -0.1) is 0 Å². The van der Waals surface area contributed by atoms with Gasteiger partial charge in [0, 0.05) is 6.54 Å². The Balaban J connectivity index is 2.96. The average Bonchev–Trinajstić information content (AvgIpc) is 2.29.